The summed E-state index contributed by atoms with van der Waals surface area (Å²) in [6.45, 7) is 0.757. The van der Waals surface area contributed by atoms with Crippen molar-refractivity contribution >= 4 is 10.0 Å². The quantitative estimate of drug-likeness (QED) is 0.766. The molecular formula is C18H20F3NO3S. The number of halogens is 3. The van der Waals surface area contributed by atoms with Crippen molar-refractivity contribution in [3.05, 3.63) is 65.7 Å². The summed E-state index contributed by atoms with van der Waals surface area (Å²) in [7, 11) is -4.20. The van der Waals surface area contributed by atoms with Gasteiger partial charge < -0.3 is 5.11 Å². The minimum atomic E-state index is -5.05. The number of hydrogen-bond acceptors (Lipinski definition) is 3. The van der Waals surface area contributed by atoms with E-state index in [4.69, 9.17) is 0 Å². The summed E-state index contributed by atoms with van der Waals surface area (Å²) in [5.74, 6) is 0. The average molecular weight is 387 g/mol. The molecule has 0 saturated carbocycles. The Morgan fingerprint density at radius 1 is 1.00 bits per heavy atom. The van der Waals surface area contributed by atoms with Crippen LogP contribution in [0.3, 0.4) is 0 Å². The molecule has 0 bridgehead atoms. The van der Waals surface area contributed by atoms with E-state index in [0.29, 0.717) is 0 Å². The van der Waals surface area contributed by atoms with E-state index in [0.717, 1.165) is 30.5 Å². The molecule has 2 aromatic carbocycles. The first-order chi connectivity index (χ1) is 12.1. The number of alkyl halides is 3. The molecule has 2 N–H and O–H groups in total. The Bertz CT molecular complexity index is 821. The molecule has 0 aliphatic heterocycles. The Hall–Kier alpha value is -1.90. The fraction of sp³-hybridized carbons (Fsp3) is 0.333. The zero-order chi connectivity index (χ0) is 19.4. The second-order valence-corrected chi connectivity index (χ2v) is 7.71. The molecular weight excluding hydrogens is 367 g/mol. The molecule has 0 aliphatic carbocycles. The van der Waals surface area contributed by atoms with E-state index in [1.54, 1.807) is 12.1 Å². The van der Waals surface area contributed by atoms with E-state index in [1.165, 1.54) is 30.3 Å². The predicted octanol–water partition coefficient (Wildman–Crippen LogP) is 3.37. The molecule has 142 valence electrons. The molecule has 1 atom stereocenters. The highest BCUT2D eigenvalue weighted by molar-refractivity contribution is 7.89. The zero-order valence-corrected chi connectivity index (χ0v) is 14.9. The summed E-state index contributed by atoms with van der Waals surface area (Å²) in [6, 6.07) is 12.3. The fourth-order valence-corrected chi connectivity index (χ4v) is 3.55. The summed E-state index contributed by atoms with van der Waals surface area (Å²) in [5.41, 5.74) is -2.83. The summed E-state index contributed by atoms with van der Waals surface area (Å²) in [6.07, 6.45) is -3.39. The first-order valence-corrected chi connectivity index (χ1v) is 9.52. The molecule has 0 aliphatic rings. The number of aryl methyl sites for hydroxylation is 1. The van der Waals surface area contributed by atoms with Gasteiger partial charge >= 0.3 is 6.18 Å². The van der Waals surface area contributed by atoms with Crippen LogP contribution in [0.25, 0.3) is 0 Å². The maximum absolute atomic E-state index is 13.4. The maximum Gasteiger partial charge on any atom is 0.422 e. The highest BCUT2D eigenvalue weighted by atomic mass is 32.2. The van der Waals surface area contributed by atoms with Crippen LogP contribution in [0, 0.1) is 0 Å². The SMILES string of the molecule is CCCc1ccc(S(=O)(=O)NCC(O)(c2ccccc2)C(F)(F)F)cc1. The summed E-state index contributed by atoms with van der Waals surface area (Å²) >= 11 is 0. The molecule has 2 rings (SSSR count). The van der Waals surface area contributed by atoms with Gasteiger partial charge in [0.25, 0.3) is 0 Å². The molecule has 2 aromatic rings. The Labute approximate surface area is 150 Å². The van der Waals surface area contributed by atoms with Crippen molar-refractivity contribution in [3.8, 4) is 0 Å². The Balaban J connectivity index is 2.25. The molecule has 0 spiro atoms. The second-order valence-electron chi connectivity index (χ2n) is 5.94. The molecule has 0 aromatic heterocycles. The van der Waals surface area contributed by atoms with Crippen LogP contribution in [-0.2, 0) is 22.0 Å². The monoisotopic (exact) mass is 387 g/mol. The number of rotatable bonds is 7. The van der Waals surface area contributed by atoms with Crippen molar-refractivity contribution in [2.75, 3.05) is 6.54 Å². The van der Waals surface area contributed by atoms with Gasteiger partial charge in [-0.2, -0.15) is 13.2 Å². The Morgan fingerprint density at radius 3 is 2.08 bits per heavy atom. The third kappa shape index (κ3) is 4.44. The van der Waals surface area contributed by atoms with Crippen LogP contribution < -0.4 is 4.72 Å². The first kappa shape index (κ1) is 20.4. The molecule has 4 nitrogen and oxygen atoms in total. The second kappa shape index (κ2) is 7.77. The number of hydrogen-bond donors (Lipinski definition) is 2. The third-order valence-corrected chi connectivity index (χ3v) is 5.43. The van der Waals surface area contributed by atoms with Crippen LogP contribution in [0.2, 0.25) is 0 Å². The van der Waals surface area contributed by atoms with Gasteiger partial charge in [-0.1, -0.05) is 55.8 Å². The van der Waals surface area contributed by atoms with Crippen molar-refractivity contribution in [3.63, 3.8) is 0 Å². The molecule has 0 amide bonds. The normalized spacial score (nSPS) is 14.8. The lowest BCUT2D eigenvalue weighted by Crippen LogP contribution is -2.51. The summed E-state index contributed by atoms with van der Waals surface area (Å²) < 4.78 is 66.8. The standard InChI is InChI=1S/C18H20F3NO3S/c1-2-6-14-9-11-16(12-10-14)26(24,25)22-13-17(23,18(19,20)21)15-7-4-3-5-8-15/h3-5,7-12,22-23H,2,6,13H2,1H3. The molecule has 0 radical (unpaired) electrons. The van der Waals surface area contributed by atoms with Crippen molar-refractivity contribution in [2.45, 2.75) is 36.4 Å². The minimum absolute atomic E-state index is 0.157. The van der Waals surface area contributed by atoms with E-state index in [-0.39, 0.29) is 4.90 Å². The molecule has 26 heavy (non-hydrogen) atoms. The fourth-order valence-electron chi connectivity index (χ4n) is 2.49. The van der Waals surface area contributed by atoms with E-state index < -0.39 is 33.9 Å². The van der Waals surface area contributed by atoms with Crippen molar-refractivity contribution < 1.29 is 26.7 Å². The van der Waals surface area contributed by atoms with Gasteiger partial charge in [0, 0.05) is 0 Å². The van der Waals surface area contributed by atoms with Gasteiger partial charge in [-0.05, 0) is 29.7 Å². The first-order valence-electron chi connectivity index (χ1n) is 8.03. The van der Waals surface area contributed by atoms with Gasteiger partial charge in [-0.3, -0.25) is 0 Å². The van der Waals surface area contributed by atoms with Crippen LogP contribution in [0.5, 0.6) is 0 Å². The van der Waals surface area contributed by atoms with Gasteiger partial charge in [-0.25, -0.2) is 13.1 Å². The summed E-state index contributed by atoms with van der Waals surface area (Å²) in [4.78, 5) is -0.157. The lowest BCUT2D eigenvalue weighted by Gasteiger charge is -2.31. The van der Waals surface area contributed by atoms with E-state index in [9.17, 15) is 26.7 Å². The van der Waals surface area contributed by atoms with E-state index in [2.05, 4.69) is 0 Å². The Morgan fingerprint density at radius 2 is 1.58 bits per heavy atom. The van der Waals surface area contributed by atoms with Crippen LogP contribution in [-0.4, -0.2) is 26.2 Å². The molecule has 0 fully saturated rings. The molecule has 1 unspecified atom stereocenters. The number of aliphatic hydroxyl groups is 1. The lowest BCUT2D eigenvalue weighted by molar-refractivity contribution is -0.263. The van der Waals surface area contributed by atoms with Crippen LogP contribution in [0.1, 0.15) is 24.5 Å². The average Bonchev–Trinajstić information content (AvgIpc) is 2.60. The summed E-state index contributed by atoms with van der Waals surface area (Å²) in [5, 5.41) is 10.2. The van der Waals surface area contributed by atoms with Crippen LogP contribution >= 0.6 is 0 Å². The van der Waals surface area contributed by atoms with E-state index >= 15 is 0 Å². The van der Waals surface area contributed by atoms with Crippen molar-refractivity contribution in [1.82, 2.24) is 4.72 Å². The van der Waals surface area contributed by atoms with Crippen molar-refractivity contribution in [1.29, 1.82) is 0 Å². The van der Waals surface area contributed by atoms with Crippen LogP contribution in [0.15, 0.2) is 59.5 Å². The van der Waals surface area contributed by atoms with Gasteiger partial charge in [0.1, 0.15) is 0 Å². The largest absolute Gasteiger partial charge is 0.422 e. The molecule has 0 saturated heterocycles. The number of sulfonamides is 1. The highest BCUT2D eigenvalue weighted by Gasteiger charge is 2.55. The van der Waals surface area contributed by atoms with Gasteiger partial charge in [-0.15, -0.1) is 0 Å². The van der Waals surface area contributed by atoms with Gasteiger partial charge in [0.05, 0.1) is 11.4 Å². The number of benzene rings is 2. The Kier molecular flexibility index (Phi) is 6.10. The maximum atomic E-state index is 13.4. The highest BCUT2D eigenvalue weighted by Crippen LogP contribution is 2.38. The smallest absolute Gasteiger partial charge is 0.375 e. The molecule has 8 heteroatoms. The lowest BCUT2D eigenvalue weighted by atomic mass is 9.93. The van der Waals surface area contributed by atoms with Crippen molar-refractivity contribution in [2.24, 2.45) is 0 Å². The third-order valence-electron chi connectivity index (χ3n) is 4.01. The van der Waals surface area contributed by atoms with Crippen LogP contribution in [0.4, 0.5) is 13.2 Å². The predicted molar refractivity (Wildman–Crippen MR) is 92.0 cm³/mol. The molecule has 0 heterocycles. The van der Waals surface area contributed by atoms with Gasteiger partial charge in [0.2, 0.25) is 10.0 Å². The zero-order valence-electron chi connectivity index (χ0n) is 14.1. The van der Waals surface area contributed by atoms with E-state index in [1.807, 2.05) is 11.6 Å². The topological polar surface area (TPSA) is 66.4 Å². The number of nitrogens with one attached hydrogen (secondary N) is 1. The minimum Gasteiger partial charge on any atom is -0.375 e. The van der Waals surface area contributed by atoms with Gasteiger partial charge in [0.15, 0.2) is 5.60 Å².